The molecule has 2 aliphatic heterocycles. The van der Waals surface area contributed by atoms with Gasteiger partial charge >= 0.3 is 16.3 Å². The van der Waals surface area contributed by atoms with E-state index in [9.17, 15) is 27.6 Å². The molecule has 0 radical (unpaired) electrons. The van der Waals surface area contributed by atoms with Crippen LogP contribution in [0.5, 0.6) is 0 Å². The maximum atomic E-state index is 13.5. The third-order valence-corrected chi connectivity index (χ3v) is 8.00. The molecular formula is C25H41N5O7S. The van der Waals surface area contributed by atoms with Gasteiger partial charge in [-0.25, -0.2) is 9.52 Å². The van der Waals surface area contributed by atoms with Gasteiger partial charge in [-0.05, 0) is 65.7 Å². The molecule has 1 saturated heterocycles. The Kier molecular flexibility index (Phi) is 9.45. The second-order valence-corrected chi connectivity index (χ2v) is 12.7. The molecule has 0 aromatic carbocycles. The van der Waals surface area contributed by atoms with Crippen molar-refractivity contribution in [2.24, 2.45) is 5.92 Å². The first-order chi connectivity index (χ1) is 17.8. The molecule has 0 aromatic rings. The number of hydrogen-bond acceptors (Lipinski definition) is 7. The molecule has 2 heterocycles. The molecule has 3 aliphatic rings. The number of alkyl carbamates (subject to hydrolysis) is 1. The summed E-state index contributed by atoms with van der Waals surface area (Å²) in [6.45, 7) is 7.42. The van der Waals surface area contributed by atoms with E-state index in [1.807, 2.05) is 37.6 Å². The summed E-state index contributed by atoms with van der Waals surface area (Å²) in [7, 11) is -4.08. The molecule has 214 valence electrons. The molecule has 12 nitrogen and oxygen atoms in total. The molecule has 0 spiro atoms. The summed E-state index contributed by atoms with van der Waals surface area (Å²) >= 11 is 0. The molecule has 4 N–H and O–H groups in total. The summed E-state index contributed by atoms with van der Waals surface area (Å²) in [5, 5.41) is 5.48. The highest BCUT2D eigenvalue weighted by atomic mass is 32.2. The van der Waals surface area contributed by atoms with E-state index < -0.39 is 57.2 Å². The molecule has 1 aliphatic carbocycles. The highest BCUT2D eigenvalue weighted by Crippen LogP contribution is 2.45. The van der Waals surface area contributed by atoms with Crippen molar-refractivity contribution in [3.63, 3.8) is 0 Å². The van der Waals surface area contributed by atoms with Crippen LogP contribution in [0.2, 0.25) is 0 Å². The second kappa shape index (κ2) is 12.0. The van der Waals surface area contributed by atoms with Crippen molar-refractivity contribution in [3.05, 3.63) is 12.2 Å². The van der Waals surface area contributed by atoms with Gasteiger partial charge in [0.05, 0.1) is 0 Å². The Morgan fingerprint density at radius 2 is 1.89 bits per heavy atom. The fourth-order valence-corrected chi connectivity index (χ4v) is 5.82. The van der Waals surface area contributed by atoms with Crippen LogP contribution in [0.3, 0.4) is 0 Å². The lowest BCUT2D eigenvalue weighted by molar-refractivity contribution is -0.146. The highest BCUT2D eigenvalue weighted by Gasteiger charge is 2.61. The number of fused-ring (bicyclic) bond motifs is 2. The number of nitrogens with one attached hydrogen (secondary N) is 4. The van der Waals surface area contributed by atoms with Gasteiger partial charge in [-0.2, -0.15) is 13.1 Å². The predicted octanol–water partition coefficient (Wildman–Crippen LogP) is 1.24. The van der Waals surface area contributed by atoms with E-state index in [2.05, 4.69) is 15.4 Å². The van der Waals surface area contributed by atoms with Crippen molar-refractivity contribution in [3.8, 4) is 0 Å². The molecule has 4 atom stereocenters. The Hall–Kier alpha value is -2.67. The van der Waals surface area contributed by atoms with Gasteiger partial charge in [0.25, 0.3) is 11.8 Å². The van der Waals surface area contributed by atoms with Gasteiger partial charge in [0.15, 0.2) is 6.10 Å². The number of nitrogens with zero attached hydrogens (tertiary/aromatic N) is 1. The first-order valence-corrected chi connectivity index (χ1v) is 14.9. The van der Waals surface area contributed by atoms with Crippen LogP contribution in [0.1, 0.15) is 79.1 Å². The number of allylic oxidation sites excluding steroid dienone is 1. The van der Waals surface area contributed by atoms with Crippen molar-refractivity contribution in [2.75, 3.05) is 13.1 Å². The van der Waals surface area contributed by atoms with E-state index in [4.69, 9.17) is 4.74 Å². The smallest absolute Gasteiger partial charge is 0.408 e. The van der Waals surface area contributed by atoms with Gasteiger partial charge in [-0.1, -0.05) is 25.5 Å². The first-order valence-electron chi connectivity index (χ1n) is 13.4. The number of rotatable bonds is 5. The van der Waals surface area contributed by atoms with E-state index in [1.54, 1.807) is 6.92 Å². The summed E-state index contributed by atoms with van der Waals surface area (Å²) in [5.74, 6) is -2.16. The van der Waals surface area contributed by atoms with Crippen molar-refractivity contribution in [1.29, 1.82) is 0 Å². The van der Waals surface area contributed by atoms with E-state index in [0.29, 0.717) is 32.2 Å². The molecule has 4 amide bonds. The quantitative estimate of drug-likeness (QED) is 0.371. The zero-order chi connectivity index (χ0) is 28.1. The third kappa shape index (κ3) is 7.68. The minimum Gasteiger partial charge on any atom is -0.436 e. The van der Waals surface area contributed by atoms with Crippen LogP contribution < -0.4 is 20.1 Å². The Labute approximate surface area is 224 Å². The lowest BCUT2D eigenvalue weighted by Crippen LogP contribution is -2.58. The standard InChI is InChI=1S/C25H41N5O7S/c1-5-26-38(35,36)29-22(33)25-16-17(25)12-9-7-6-8-10-14-19(37-23(34)28-24(2,3)4)21(32)30-15-11-13-18(30)20(31)27-25/h9,12,17-19,26H,5-8,10-11,13-16H2,1-4H3,(H,27,31)(H,28,34)(H,29,33)/t17-,18+,19+,25-/m1/s1. The largest absolute Gasteiger partial charge is 0.436 e. The summed E-state index contributed by atoms with van der Waals surface area (Å²) < 4.78 is 34.2. The van der Waals surface area contributed by atoms with Gasteiger partial charge in [-0.15, -0.1) is 0 Å². The minimum absolute atomic E-state index is 0.0987. The zero-order valence-corrected chi connectivity index (χ0v) is 23.5. The number of ether oxygens (including phenoxy) is 1. The van der Waals surface area contributed by atoms with Gasteiger partial charge < -0.3 is 20.3 Å². The van der Waals surface area contributed by atoms with Crippen LogP contribution >= 0.6 is 0 Å². The third-order valence-electron chi connectivity index (χ3n) is 6.87. The van der Waals surface area contributed by atoms with Crippen LogP contribution in [0.15, 0.2) is 12.2 Å². The van der Waals surface area contributed by atoms with Crippen LogP contribution in [-0.4, -0.2) is 73.4 Å². The van der Waals surface area contributed by atoms with E-state index in [0.717, 1.165) is 19.3 Å². The molecule has 13 heteroatoms. The van der Waals surface area contributed by atoms with Gasteiger partial charge in [0, 0.05) is 24.5 Å². The fourth-order valence-electron chi connectivity index (χ4n) is 4.94. The topological polar surface area (TPSA) is 163 Å². The Morgan fingerprint density at radius 1 is 1.16 bits per heavy atom. The van der Waals surface area contributed by atoms with Crippen molar-refractivity contribution in [1.82, 2.24) is 25.0 Å². The average Bonchev–Trinajstić information content (AvgIpc) is 3.26. The minimum atomic E-state index is -4.08. The normalized spacial score (nSPS) is 28.7. The number of carbonyl (C=O) groups is 4. The number of hydrogen-bond donors (Lipinski definition) is 4. The average molecular weight is 556 g/mol. The molecule has 1 saturated carbocycles. The van der Waals surface area contributed by atoms with Crippen molar-refractivity contribution in [2.45, 2.75) is 102 Å². The molecule has 0 aromatic heterocycles. The number of carbonyl (C=O) groups excluding carboxylic acids is 4. The van der Waals surface area contributed by atoms with Gasteiger partial charge in [-0.3, -0.25) is 14.4 Å². The summed E-state index contributed by atoms with van der Waals surface area (Å²) in [4.78, 5) is 54.0. The lowest BCUT2D eigenvalue weighted by Gasteiger charge is -2.30. The van der Waals surface area contributed by atoms with E-state index >= 15 is 0 Å². The number of amides is 4. The van der Waals surface area contributed by atoms with Crippen LogP contribution in [-0.2, 0) is 29.3 Å². The molecule has 2 fully saturated rings. The zero-order valence-electron chi connectivity index (χ0n) is 22.7. The Morgan fingerprint density at radius 3 is 2.58 bits per heavy atom. The second-order valence-electron chi connectivity index (χ2n) is 11.2. The molecule has 38 heavy (non-hydrogen) atoms. The van der Waals surface area contributed by atoms with Crippen molar-refractivity contribution >= 4 is 34.0 Å². The van der Waals surface area contributed by atoms with Crippen LogP contribution in [0.25, 0.3) is 0 Å². The SMILES string of the molecule is CCNS(=O)(=O)NC(=O)[C@@]12C[C@H]1C=CCCCCC[C@H](OC(=O)NC(C)(C)C)C(=O)N1CCC[C@H]1C(=O)N2. The highest BCUT2D eigenvalue weighted by molar-refractivity contribution is 7.88. The summed E-state index contributed by atoms with van der Waals surface area (Å²) in [6.07, 6.45) is 6.59. The maximum absolute atomic E-state index is 13.5. The molecule has 0 bridgehead atoms. The summed E-state index contributed by atoms with van der Waals surface area (Å²) in [6, 6.07) is -0.857. The maximum Gasteiger partial charge on any atom is 0.408 e. The first kappa shape index (κ1) is 29.9. The van der Waals surface area contributed by atoms with Crippen LogP contribution in [0.4, 0.5) is 4.79 Å². The Bertz CT molecular complexity index is 1050. The molecule has 0 unspecified atom stereocenters. The van der Waals surface area contributed by atoms with Crippen LogP contribution in [0, 0.1) is 5.92 Å². The summed E-state index contributed by atoms with van der Waals surface area (Å²) in [5.41, 5.74) is -1.96. The fraction of sp³-hybridized carbons (Fsp3) is 0.760. The molecular weight excluding hydrogens is 514 g/mol. The van der Waals surface area contributed by atoms with Gasteiger partial charge in [0.2, 0.25) is 5.91 Å². The van der Waals surface area contributed by atoms with Gasteiger partial charge in [0.1, 0.15) is 11.6 Å². The lowest BCUT2D eigenvalue weighted by atomic mass is 10.1. The predicted molar refractivity (Wildman–Crippen MR) is 140 cm³/mol. The Balaban J connectivity index is 1.83. The molecule has 3 rings (SSSR count). The van der Waals surface area contributed by atoms with E-state index in [-0.39, 0.29) is 18.9 Å². The van der Waals surface area contributed by atoms with Crippen molar-refractivity contribution < 1.29 is 32.3 Å². The van der Waals surface area contributed by atoms with E-state index in [1.165, 1.54) is 4.90 Å². The monoisotopic (exact) mass is 555 g/mol.